The van der Waals surface area contributed by atoms with Crippen molar-refractivity contribution in [3.63, 3.8) is 0 Å². The van der Waals surface area contributed by atoms with E-state index >= 15 is 0 Å². The molecule has 1 nitrogen and oxygen atoms in total. The fraction of sp³-hybridized carbons (Fsp3) is 0.481. The fourth-order valence-corrected chi connectivity index (χ4v) is 6.02. The van der Waals surface area contributed by atoms with E-state index < -0.39 is 0 Å². The van der Waals surface area contributed by atoms with Gasteiger partial charge < -0.3 is 0 Å². The van der Waals surface area contributed by atoms with Crippen LogP contribution in [-0.4, -0.2) is 5.94 Å². The summed E-state index contributed by atoms with van der Waals surface area (Å²) in [5, 5.41) is 0. The van der Waals surface area contributed by atoms with Gasteiger partial charge in [-0.2, -0.15) is 0 Å². The van der Waals surface area contributed by atoms with Gasteiger partial charge >= 0.3 is 0 Å². The average Bonchev–Trinajstić information content (AvgIpc) is 3.14. The Hall–Kier alpha value is -2.11. The molecule has 0 amide bonds. The predicted octanol–water partition coefficient (Wildman–Crippen LogP) is 6.80. The second-order valence-electron chi connectivity index (χ2n) is 9.13. The molecule has 2 saturated carbocycles. The standard InChI is InChI=1S/C27H30O/c28-18-21-11-5-7-13-23(21)25-15-14-24-22-12-6-4-10-20(22)17-27(24)26(25)16-19-8-2-1-3-9-19/h4,6,10,12,14-15,19,23H,1-3,5,7-9,11,13,16-17H2. The largest absolute Gasteiger partial charge is 0.234 e. The summed E-state index contributed by atoms with van der Waals surface area (Å²) in [6, 6.07) is 13.6. The van der Waals surface area contributed by atoms with Crippen LogP contribution in [0.5, 0.6) is 0 Å². The molecule has 0 saturated heterocycles. The van der Waals surface area contributed by atoms with E-state index in [1.807, 2.05) is 0 Å². The molecule has 1 unspecified atom stereocenters. The molecule has 2 aromatic carbocycles. The normalized spacial score (nSPS) is 21.9. The molecule has 3 aliphatic carbocycles. The van der Waals surface area contributed by atoms with Crippen LogP contribution in [0.2, 0.25) is 0 Å². The Labute approximate surface area is 168 Å². The van der Waals surface area contributed by atoms with Crippen molar-refractivity contribution >= 4 is 5.94 Å². The summed E-state index contributed by atoms with van der Waals surface area (Å²) in [5.41, 5.74) is 9.94. The zero-order valence-corrected chi connectivity index (χ0v) is 16.8. The Balaban J connectivity index is 1.60. The van der Waals surface area contributed by atoms with Gasteiger partial charge in [0.1, 0.15) is 5.94 Å². The average molecular weight is 371 g/mol. The molecule has 0 radical (unpaired) electrons. The SMILES string of the molecule is O=C=C1CCCCC1c1ccc2c(c1CC1CCCCC1)Cc1ccccc1-2. The second kappa shape index (κ2) is 7.72. The molecule has 0 aliphatic heterocycles. The van der Waals surface area contributed by atoms with Crippen molar-refractivity contribution in [2.75, 3.05) is 0 Å². The molecular weight excluding hydrogens is 340 g/mol. The molecule has 3 aliphatic rings. The van der Waals surface area contributed by atoms with Gasteiger partial charge in [0.15, 0.2) is 0 Å². The summed E-state index contributed by atoms with van der Waals surface area (Å²) in [4.78, 5) is 11.7. The van der Waals surface area contributed by atoms with E-state index in [1.54, 1.807) is 11.1 Å². The zero-order valence-electron chi connectivity index (χ0n) is 16.8. The van der Waals surface area contributed by atoms with Crippen LogP contribution in [0, 0.1) is 5.92 Å². The van der Waals surface area contributed by atoms with Crippen molar-refractivity contribution in [3.8, 4) is 11.1 Å². The molecule has 0 bridgehead atoms. The van der Waals surface area contributed by atoms with E-state index in [9.17, 15) is 4.79 Å². The minimum absolute atomic E-state index is 0.304. The molecule has 0 heterocycles. The Bertz CT molecular complexity index is 925. The molecule has 0 aromatic heterocycles. The summed E-state index contributed by atoms with van der Waals surface area (Å²) in [5.74, 6) is 3.45. The van der Waals surface area contributed by atoms with Crippen LogP contribution in [0.4, 0.5) is 0 Å². The van der Waals surface area contributed by atoms with Gasteiger partial charge in [-0.3, -0.25) is 0 Å². The second-order valence-corrected chi connectivity index (χ2v) is 9.13. The first-order chi connectivity index (χ1) is 13.8. The van der Waals surface area contributed by atoms with Crippen molar-refractivity contribution in [1.82, 2.24) is 0 Å². The number of carbonyl (C=O) groups excluding carboxylic acids is 1. The van der Waals surface area contributed by atoms with Crippen LogP contribution in [0.1, 0.15) is 86.0 Å². The zero-order chi connectivity index (χ0) is 18.9. The number of fused-ring (bicyclic) bond motifs is 3. The minimum Gasteiger partial charge on any atom is -0.234 e. The molecule has 0 N–H and O–H groups in total. The molecule has 28 heavy (non-hydrogen) atoms. The number of hydrogen-bond donors (Lipinski definition) is 0. The van der Waals surface area contributed by atoms with Crippen molar-refractivity contribution in [2.45, 2.75) is 76.5 Å². The lowest BCUT2D eigenvalue weighted by Crippen LogP contribution is -2.16. The van der Waals surface area contributed by atoms with Crippen LogP contribution < -0.4 is 0 Å². The van der Waals surface area contributed by atoms with Gasteiger partial charge in [-0.15, -0.1) is 0 Å². The number of benzene rings is 2. The maximum Gasteiger partial charge on any atom is 0.124 e. The number of rotatable bonds is 3. The van der Waals surface area contributed by atoms with Gasteiger partial charge in [0, 0.05) is 11.5 Å². The molecule has 5 rings (SSSR count). The summed E-state index contributed by atoms with van der Waals surface area (Å²) >= 11 is 0. The van der Waals surface area contributed by atoms with Crippen LogP contribution in [0.25, 0.3) is 11.1 Å². The van der Waals surface area contributed by atoms with Crippen molar-refractivity contribution in [3.05, 3.63) is 64.2 Å². The highest BCUT2D eigenvalue weighted by atomic mass is 16.1. The van der Waals surface area contributed by atoms with Gasteiger partial charge in [-0.25, -0.2) is 4.79 Å². The summed E-state index contributed by atoms with van der Waals surface area (Å²) < 4.78 is 0. The predicted molar refractivity (Wildman–Crippen MR) is 115 cm³/mol. The van der Waals surface area contributed by atoms with Gasteiger partial charge in [0.2, 0.25) is 0 Å². The molecule has 2 fully saturated rings. The topological polar surface area (TPSA) is 17.1 Å². The monoisotopic (exact) mass is 370 g/mol. The molecule has 0 spiro atoms. The van der Waals surface area contributed by atoms with Gasteiger partial charge in [-0.05, 0) is 71.4 Å². The molecule has 1 atom stereocenters. The third-order valence-corrected chi connectivity index (χ3v) is 7.48. The lowest BCUT2D eigenvalue weighted by molar-refractivity contribution is 0.355. The van der Waals surface area contributed by atoms with Gasteiger partial charge in [0.25, 0.3) is 0 Å². The van der Waals surface area contributed by atoms with Crippen LogP contribution in [-0.2, 0) is 17.6 Å². The quantitative estimate of drug-likeness (QED) is 0.464. The lowest BCUT2D eigenvalue weighted by Gasteiger charge is -2.29. The van der Waals surface area contributed by atoms with Crippen LogP contribution in [0.15, 0.2) is 42.0 Å². The van der Waals surface area contributed by atoms with E-state index in [0.29, 0.717) is 5.92 Å². The Kier molecular flexibility index (Phi) is 4.95. The molecule has 144 valence electrons. The smallest absolute Gasteiger partial charge is 0.124 e. The first-order valence-electron chi connectivity index (χ1n) is 11.3. The van der Waals surface area contributed by atoms with Crippen molar-refractivity contribution < 1.29 is 4.79 Å². The van der Waals surface area contributed by atoms with E-state index in [2.05, 4.69) is 42.3 Å². The first kappa shape index (κ1) is 18.0. The van der Waals surface area contributed by atoms with Crippen molar-refractivity contribution in [1.29, 1.82) is 0 Å². The molecular formula is C27H30O. The Morgan fingerprint density at radius 1 is 0.857 bits per heavy atom. The van der Waals surface area contributed by atoms with E-state index in [1.165, 1.54) is 67.2 Å². The highest BCUT2D eigenvalue weighted by molar-refractivity contribution is 5.79. The summed E-state index contributed by atoms with van der Waals surface area (Å²) in [6.07, 6.45) is 13.6. The maximum absolute atomic E-state index is 11.7. The number of allylic oxidation sites excluding steroid dienone is 1. The van der Waals surface area contributed by atoms with Gasteiger partial charge in [-0.1, -0.05) is 74.9 Å². The van der Waals surface area contributed by atoms with Gasteiger partial charge in [0.05, 0.1) is 0 Å². The Morgan fingerprint density at radius 2 is 1.68 bits per heavy atom. The molecule has 2 aromatic rings. The van der Waals surface area contributed by atoms with Crippen molar-refractivity contribution in [2.24, 2.45) is 5.92 Å². The Morgan fingerprint density at radius 3 is 2.54 bits per heavy atom. The highest BCUT2D eigenvalue weighted by Crippen LogP contribution is 2.45. The van der Waals surface area contributed by atoms with E-state index in [0.717, 1.165) is 37.2 Å². The van der Waals surface area contributed by atoms with E-state index in [-0.39, 0.29) is 0 Å². The maximum atomic E-state index is 11.7. The number of hydrogen-bond acceptors (Lipinski definition) is 1. The molecule has 1 heteroatoms. The lowest BCUT2D eigenvalue weighted by atomic mass is 9.74. The summed E-state index contributed by atoms with van der Waals surface area (Å²) in [7, 11) is 0. The fourth-order valence-electron chi connectivity index (χ4n) is 6.02. The third kappa shape index (κ3) is 3.16. The third-order valence-electron chi connectivity index (χ3n) is 7.48. The highest BCUT2D eigenvalue weighted by Gasteiger charge is 2.30. The van der Waals surface area contributed by atoms with Crippen LogP contribution >= 0.6 is 0 Å². The first-order valence-corrected chi connectivity index (χ1v) is 11.3. The van der Waals surface area contributed by atoms with E-state index in [4.69, 9.17) is 0 Å². The van der Waals surface area contributed by atoms with Crippen LogP contribution in [0.3, 0.4) is 0 Å². The summed E-state index contributed by atoms with van der Waals surface area (Å²) in [6.45, 7) is 0. The minimum atomic E-state index is 0.304.